The zero-order valence-electron chi connectivity index (χ0n) is 24.5. The number of rotatable bonds is 7. The number of amides is 2. The maximum absolute atomic E-state index is 12.7. The highest BCUT2D eigenvalue weighted by molar-refractivity contribution is 6.09. The van der Waals surface area contributed by atoms with Crippen LogP contribution in [0.15, 0.2) is 108 Å². The van der Waals surface area contributed by atoms with Gasteiger partial charge in [-0.1, -0.05) is 42.5 Å². The molecule has 0 aliphatic rings. The lowest BCUT2D eigenvalue weighted by atomic mass is 10.0. The molecule has 0 aliphatic carbocycles. The quantitative estimate of drug-likeness (QED) is 0.172. The average molecular weight is 586 g/mol. The van der Waals surface area contributed by atoms with Crippen molar-refractivity contribution in [3.05, 3.63) is 109 Å². The number of carbonyl (C=O) groups is 2. The second-order valence-electron chi connectivity index (χ2n) is 11.5. The second kappa shape index (κ2) is 11.5. The van der Waals surface area contributed by atoms with Gasteiger partial charge in [0.15, 0.2) is 0 Å². The van der Waals surface area contributed by atoms with Gasteiger partial charge in [-0.15, -0.1) is 0 Å². The fraction of sp³-hybridized carbons (Fsp3) is 0.143. The lowest BCUT2D eigenvalue weighted by molar-refractivity contribution is -0.115. The van der Waals surface area contributed by atoms with E-state index in [4.69, 9.17) is 4.42 Å². The van der Waals surface area contributed by atoms with Crippen molar-refractivity contribution in [1.29, 1.82) is 0 Å². The van der Waals surface area contributed by atoms with Crippen LogP contribution in [-0.4, -0.2) is 32.6 Å². The van der Waals surface area contributed by atoms with Gasteiger partial charge in [-0.05, 0) is 74.9 Å². The summed E-state index contributed by atoms with van der Waals surface area (Å²) in [5.74, 6) is 0.445. The molecule has 2 heterocycles. The average Bonchev–Trinajstić information content (AvgIpc) is 3.37. The molecular formula is C35H31N5O4. The lowest BCUT2D eigenvalue weighted by Crippen LogP contribution is -2.45. The van der Waals surface area contributed by atoms with Crippen LogP contribution in [0, 0.1) is 0 Å². The van der Waals surface area contributed by atoms with Crippen LogP contribution >= 0.6 is 0 Å². The first-order chi connectivity index (χ1) is 21.2. The standard InChI is InChI=1S/C35H31N5O4/c1-35(2,3)40(34(42)43)25-17-11-22(12-18-25)19-32(41)39-24-15-13-23(14-16-24)38-31-20-29(36-21-37-31)28-9-6-8-27-26-7-4-5-10-30(26)44-33(27)28/h4-18,20-21H,19H2,1-3H3,(H,39,41)(H,42,43)(H,36,37,38). The Morgan fingerprint density at radius 2 is 1.55 bits per heavy atom. The molecule has 0 unspecified atom stereocenters. The Morgan fingerprint density at radius 3 is 2.27 bits per heavy atom. The summed E-state index contributed by atoms with van der Waals surface area (Å²) < 4.78 is 6.18. The third-order valence-electron chi connectivity index (χ3n) is 7.21. The Hall–Kier alpha value is -5.70. The summed E-state index contributed by atoms with van der Waals surface area (Å²) in [5, 5.41) is 17.9. The van der Waals surface area contributed by atoms with Gasteiger partial charge in [-0.25, -0.2) is 14.8 Å². The van der Waals surface area contributed by atoms with E-state index >= 15 is 0 Å². The Balaban J connectivity index is 1.11. The van der Waals surface area contributed by atoms with Crippen molar-refractivity contribution in [2.75, 3.05) is 15.5 Å². The van der Waals surface area contributed by atoms with Crippen molar-refractivity contribution in [3.8, 4) is 11.3 Å². The zero-order chi connectivity index (χ0) is 30.8. The Kier molecular flexibility index (Phi) is 7.45. The molecule has 0 atom stereocenters. The van der Waals surface area contributed by atoms with Crippen molar-refractivity contribution in [2.24, 2.45) is 0 Å². The molecule has 0 bridgehead atoms. The van der Waals surface area contributed by atoms with Crippen LogP contribution in [0.5, 0.6) is 0 Å². The number of aromatic nitrogens is 2. The summed E-state index contributed by atoms with van der Waals surface area (Å²) in [6, 6.07) is 30.2. The first-order valence-corrected chi connectivity index (χ1v) is 14.2. The van der Waals surface area contributed by atoms with Gasteiger partial charge in [0, 0.05) is 45.0 Å². The zero-order valence-corrected chi connectivity index (χ0v) is 24.5. The van der Waals surface area contributed by atoms with Gasteiger partial charge >= 0.3 is 6.09 Å². The number of furan rings is 1. The molecule has 6 aromatic rings. The number of fused-ring (bicyclic) bond motifs is 3. The molecule has 0 saturated carbocycles. The van der Waals surface area contributed by atoms with Crippen molar-refractivity contribution >= 4 is 56.8 Å². The monoisotopic (exact) mass is 585 g/mol. The van der Waals surface area contributed by atoms with Crippen LogP contribution < -0.4 is 15.5 Å². The van der Waals surface area contributed by atoms with Gasteiger partial charge in [-0.3, -0.25) is 9.69 Å². The molecule has 6 rings (SSSR count). The SMILES string of the molecule is CC(C)(C)N(C(=O)O)c1ccc(CC(=O)Nc2ccc(Nc3cc(-c4cccc5c4oc4ccccc45)ncn3)cc2)cc1. The highest BCUT2D eigenvalue weighted by Crippen LogP contribution is 2.35. The second-order valence-corrected chi connectivity index (χ2v) is 11.5. The van der Waals surface area contributed by atoms with Gasteiger partial charge in [0.05, 0.1) is 12.1 Å². The van der Waals surface area contributed by atoms with E-state index in [1.807, 2.05) is 93.6 Å². The topological polar surface area (TPSA) is 121 Å². The predicted octanol–water partition coefficient (Wildman–Crippen LogP) is 8.25. The molecule has 4 aromatic carbocycles. The molecule has 3 N–H and O–H groups in total. The lowest BCUT2D eigenvalue weighted by Gasteiger charge is -2.33. The van der Waals surface area contributed by atoms with Crippen LogP contribution in [-0.2, 0) is 11.2 Å². The minimum absolute atomic E-state index is 0.157. The molecular weight excluding hydrogens is 554 g/mol. The summed E-state index contributed by atoms with van der Waals surface area (Å²) in [4.78, 5) is 34.6. The van der Waals surface area contributed by atoms with Crippen LogP contribution in [0.25, 0.3) is 33.2 Å². The minimum Gasteiger partial charge on any atom is -0.465 e. The Bertz CT molecular complexity index is 1980. The third-order valence-corrected chi connectivity index (χ3v) is 7.21. The van der Waals surface area contributed by atoms with Crippen LogP contribution in [0.3, 0.4) is 0 Å². The fourth-order valence-corrected chi connectivity index (χ4v) is 5.24. The number of nitrogens with zero attached hydrogens (tertiary/aromatic N) is 3. The minimum atomic E-state index is -1.03. The smallest absolute Gasteiger partial charge is 0.412 e. The van der Waals surface area contributed by atoms with E-state index in [1.165, 1.54) is 11.2 Å². The van der Waals surface area contributed by atoms with E-state index < -0.39 is 11.6 Å². The van der Waals surface area contributed by atoms with Crippen molar-refractivity contribution in [3.63, 3.8) is 0 Å². The number of carbonyl (C=O) groups excluding carboxylic acids is 1. The van der Waals surface area contributed by atoms with Gasteiger partial charge in [0.25, 0.3) is 0 Å². The van der Waals surface area contributed by atoms with E-state index in [0.717, 1.165) is 44.4 Å². The molecule has 2 amide bonds. The number of para-hydroxylation sites is 2. The van der Waals surface area contributed by atoms with E-state index in [2.05, 4.69) is 20.6 Å². The molecule has 44 heavy (non-hydrogen) atoms. The first-order valence-electron chi connectivity index (χ1n) is 14.2. The maximum Gasteiger partial charge on any atom is 0.412 e. The number of hydrogen-bond acceptors (Lipinski definition) is 6. The Labute approximate surface area is 254 Å². The fourth-order valence-electron chi connectivity index (χ4n) is 5.24. The van der Waals surface area contributed by atoms with Gasteiger partial charge < -0.3 is 20.2 Å². The van der Waals surface area contributed by atoms with Gasteiger partial charge in [0.1, 0.15) is 23.3 Å². The first kappa shape index (κ1) is 28.4. The normalized spacial score (nSPS) is 11.4. The van der Waals surface area contributed by atoms with Crippen LogP contribution in [0.4, 0.5) is 27.7 Å². The molecule has 0 saturated heterocycles. The number of hydrogen-bond donors (Lipinski definition) is 3. The van der Waals surface area contributed by atoms with E-state index in [-0.39, 0.29) is 12.3 Å². The molecule has 0 fully saturated rings. The van der Waals surface area contributed by atoms with Gasteiger partial charge in [0.2, 0.25) is 5.91 Å². The molecule has 9 heteroatoms. The van der Waals surface area contributed by atoms with Gasteiger partial charge in [-0.2, -0.15) is 0 Å². The van der Waals surface area contributed by atoms with Crippen LogP contribution in [0.2, 0.25) is 0 Å². The summed E-state index contributed by atoms with van der Waals surface area (Å²) in [6.45, 7) is 5.50. The highest BCUT2D eigenvalue weighted by Gasteiger charge is 2.27. The molecule has 0 spiro atoms. The number of carboxylic acid groups (broad SMARTS) is 1. The molecule has 9 nitrogen and oxygen atoms in total. The van der Waals surface area contributed by atoms with E-state index in [1.54, 1.807) is 24.3 Å². The highest BCUT2D eigenvalue weighted by atomic mass is 16.4. The summed E-state index contributed by atoms with van der Waals surface area (Å²) >= 11 is 0. The summed E-state index contributed by atoms with van der Waals surface area (Å²) in [7, 11) is 0. The molecule has 0 aliphatic heterocycles. The van der Waals surface area contributed by atoms with E-state index in [0.29, 0.717) is 17.2 Å². The summed E-state index contributed by atoms with van der Waals surface area (Å²) in [6.07, 6.45) is 0.647. The third kappa shape index (κ3) is 5.94. The largest absolute Gasteiger partial charge is 0.465 e. The Morgan fingerprint density at radius 1 is 0.841 bits per heavy atom. The summed E-state index contributed by atoms with van der Waals surface area (Å²) in [5.41, 5.74) is 5.42. The predicted molar refractivity (Wildman–Crippen MR) is 174 cm³/mol. The van der Waals surface area contributed by atoms with E-state index in [9.17, 15) is 14.7 Å². The number of anilines is 4. The van der Waals surface area contributed by atoms with Crippen molar-refractivity contribution in [1.82, 2.24) is 9.97 Å². The molecule has 2 aromatic heterocycles. The van der Waals surface area contributed by atoms with Crippen molar-refractivity contribution < 1.29 is 19.1 Å². The van der Waals surface area contributed by atoms with Crippen LogP contribution in [0.1, 0.15) is 26.3 Å². The number of benzene rings is 4. The molecule has 0 radical (unpaired) electrons. The maximum atomic E-state index is 12.7. The van der Waals surface area contributed by atoms with Crippen molar-refractivity contribution in [2.45, 2.75) is 32.7 Å². The number of nitrogens with one attached hydrogen (secondary N) is 2. The molecule has 220 valence electrons.